The molecular weight excluding hydrogens is 264 g/mol. The van der Waals surface area contributed by atoms with Gasteiger partial charge in [-0.25, -0.2) is 4.79 Å². The second-order valence-electron chi connectivity index (χ2n) is 5.00. The number of fused-ring (bicyclic) bond motifs is 1. The van der Waals surface area contributed by atoms with Crippen LogP contribution in [0.1, 0.15) is 10.4 Å². The quantitative estimate of drug-likeness (QED) is 0.579. The van der Waals surface area contributed by atoms with Crippen molar-refractivity contribution in [1.29, 1.82) is 0 Å². The van der Waals surface area contributed by atoms with Gasteiger partial charge in [-0.05, 0) is 29.8 Å². The Labute approximate surface area is 122 Å². The van der Waals surface area contributed by atoms with E-state index in [-0.39, 0.29) is 5.97 Å². The zero-order chi connectivity index (χ0) is 15.0. The molecule has 0 amide bonds. The predicted octanol–water partition coefficient (Wildman–Crippen LogP) is 3.21. The van der Waals surface area contributed by atoms with Gasteiger partial charge in [-0.3, -0.25) is 0 Å². The van der Waals surface area contributed by atoms with Gasteiger partial charge in [0.15, 0.2) is 0 Å². The number of hydrogen-bond acceptors (Lipinski definition) is 3. The summed E-state index contributed by atoms with van der Waals surface area (Å²) in [6.45, 7) is 0. The lowest BCUT2D eigenvalue weighted by Gasteiger charge is -2.03. The molecule has 2 aromatic carbocycles. The van der Waals surface area contributed by atoms with Crippen LogP contribution in [-0.4, -0.2) is 17.6 Å². The number of carbonyl (C=O) groups excluding carboxylic acids is 1. The van der Waals surface area contributed by atoms with Gasteiger partial charge in [0.25, 0.3) is 0 Å². The SMILES string of the molecule is COC(=O)c1ccc2c(-c3cccc(N)c3)cn(C)c2c1. The topological polar surface area (TPSA) is 57.2 Å². The Morgan fingerprint density at radius 3 is 2.71 bits per heavy atom. The summed E-state index contributed by atoms with van der Waals surface area (Å²) in [6, 6.07) is 13.3. The number of nitrogen functional groups attached to an aromatic ring is 1. The number of aromatic nitrogens is 1. The highest BCUT2D eigenvalue weighted by Gasteiger charge is 2.12. The van der Waals surface area contributed by atoms with E-state index in [9.17, 15) is 4.79 Å². The van der Waals surface area contributed by atoms with Crippen LogP contribution in [0.2, 0.25) is 0 Å². The predicted molar refractivity (Wildman–Crippen MR) is 84.1 cm³/mol. The third-order valence-electron chi connectivity index (χ3n) is 3.61. The zero-order valence-electron chi connectivity index (χ0n) is 12.0. The summed E-state index contributed by atoms with van der Waals surface area (Å²) in [6.07, 6.45) is 2.04. The van der Waals surface area contributed by atoms with Gasteiger partial charge in [-0.15, -0.1) is 0 Å². The number of aryl methyl sites for hydroxylation is 1. The Morgan fingerprint density at radius 1 is 1.19 bits per heavy atom. The van der Waals surface area contributed by atoms with Gasteiger partial charge in [0.05, 0.1) is 12.7 Å². The van der Waals surface area contributed by atoms with Gasteiger partial charge in [-0.1, -0.05) is 18.2 Å². The van der Waals surface area contributed by atoms with Crippen molar-refractivity contribution in [3.63, 3.8) is 0 Å². The minimum Gasteiger partial charge on any atom is -0.465 e. The molecule has 1 heterocycles. The highest BCUT2D eigenvalue weighted by Crippen LogP contribution is 2.31. The van der Waals surface area contributed by atoms with Crippen molar-refractivity contribution in [2.24, 2.45) is 7.05 Å². The number of hydrogen-bond donors (Lipinski definition) is 1. The van der Waals surface area contributed by atoms with Gasteiger partial charge >= 0.3 is 5.97 Å². The van der Waals surface area contributed by atoms with E-state index in [2.05, 4.69) is 0 Å². The van der Waals surface area contributed by atoms with Crippen LogP contribution in [0.4, 0.5) is 5.69 Å². The fourth-order valence-electron chi connectivity index (χ4n) is 2.57. The molecule has 106 valence electrons. The molecule has 0 aliphatic carbocycles. The third kappa shape index (κ3) is 2.25. The highest BCUT2D eigenvalue weighted by molar-refractivity contribution is 6.00. The van der Waals surface area contributed by atoms with E-state index >= 15 is 0 Å². The molecule has 0 spiro atoms. The molecule has 0 bridgehead atoms. The Bertz CT molecular complexity index is 834. The zero-order valence-corrected chi connectivity index (χ0v) is 12.0. The maximum Gasteiger partial charge on any atom is 0.337 e. The number of nitrogens with two attached hydrogens (primary N) is 1. The van der Waals surface area contributed by atoms with Crippen molar-refractivity contribution >= 4 is 22.6 Å². The molecule has 1 aromatic heterocycles. The van der Waals surface area contributed by atoms with Gasteiger partial charge in [0, 0.05) is 35.4 Å². The number of ether oxygens (including phenoxy) is 1. The Morgan fingerprint density at radius 2 is 2.00 bits per heavy atom. The molecule has 4 nitrogen and oxygen atoms in total. The second-order valence-corrected chi connectivity index (χ2v) is 5.00. The summed E-state index contributed by atoms with van der Waals surface area (Å²) in [5.74, 6) is -0.330. The monoisotopic (exact) mass is 280 g/mol. The first-order valence-electron chi connectivity index (χ1n) is 6.63. The van der Waals surface area contributed by atoms with Crippen molar-refractivity contribution < 1.29 is 9.53 Å². The minimum absolute atomic E-state index is 0.330. The third-order valence-corrected chi connectivity index (χ3v) is 3.61. The molecule has 0 saturated heterocycles. The summed E-state index contributed by atoms with van der Waals surface area (Å²) in [4.78, 5) is 11.6. The van der Waals surface area contributed by atoms with Gasteiger partial charge in [0.1, 0.15) is 0 Å². The Kier molecular flexibility index (Phi) is 3.14. The van der Waals surface area contributed by atoms with Crippen LogP contribution in [0, 0.1) is 0 Å². The number of esters is 1. The van der Waals surface area contributed by atoms with Crippen LogP contribution >= 0.6 is 0 Å². The molecule has 0 saturated carbocycles. The number of carbonyl (C=O) groups is 1. The van der Waals surface area contributed by atoms with Crippen molar-refractivity contribution in [3.8, 4) is 11.1 Å². The van der Waals surface area contributed by atoms with Crippen LogP contribution in [0.3, 0.4) is 0 Å². The van der Waals surface area contributed by atoms with E-state index in [1.165, 1.54) is 7.11 Å². The van der Waals surface area contributed by atoms with Crippen LogP contribution in [-0.2, 0) is 11.8 Å². The lowest BCUT2D eigenvalue weighted by Crippen LogP contribution is -2.00. The van der Waals surface area contributed by atoms with Crippen molar-refractivity contribution in [2.45, 2.75) is 0 Å². The van der Waals surface area contributed by atoms with Gasteiger partial charge in [-0.2, -0.15) is 0 Å². The Balaban J connectivity index is 2.20. The highest BCUT2D eigenvalue weighted by atomic mass is 16.5. The first-order chi connectivity index (χ1) is 10.1. The smallest absolute Gasteiger partial charge is 0.337 e. The summed E-state index contributed by atoms with van der Waals surface area (Å²) >= 11 is 0. The molecule has 3 aromatic rings. The summed E-state index contributed by atoms with van der Waals surface area (Å²) in [5, 5.41) is 1.08. The van der Waals surface area contributed by atoms with Crippen molar-refractivity contribution in [1.82, 2.24) is 4.57 Å². The van der Waals surface area contributed by atoms with E-state index in [1.54, 1.807) is 6.07 Å². The van der Waals surface area contributed by atoms with E-state index in [0.29, 0.717) is 5.56 Å². The van der Waals surface area contributed by atoms with Crippen LogP contribution < -0.4 is 5.73 Å². The molecule has 0 unspecified atom stereocenters. The fourth-order valence-corrected chi connectivity index (χ4v) is 2.57. The van der Waals surface area contributed by atoms with Gasteiger partial charge < -0.3 is 15.0 Å². The molecule has 21 heavy (non-hydrogen) atoms. The maximum absolute atomic E-state index is 11.6. The average molecular weight is 280 g/mol. The maximum atomic E-state index is 11.6. The molecule has 2 N–H and O–H groups in total. The van der Waals surface area contributed by atoms with Gasteiger partial charge in [0.2, 0.25) is 0 Å². The molecule has 3 rings (SSSR count). The first kappa shape index (κ1) is 13.2. The standard InChI is InChI=1S/C17H16N2O2/c1-19-10-15(11-4-3-5-13(18)8-11)14-7-6-12(9-16(14)19)17(20)21-2/h3-10H,18H2,1-2H3. The van der Waals surface area contributed by atoms with Crippen LogP contribution in [0.15, 0.2) is 48.7 Å². The first-order valence-corrected chi connectivity index (χ1v) is 6.63. The van der Waals surface area contributed by atoms with Crippen LogP contribution in [0.5, 0.6) is 0 Å². The number of anilines is 1. The molecular formula is C17H16N2O2. The van der Waals surface area contributed by atoms with E-state index in [1.807, 2.05) is 54.2 Å². The normalized spacial score (nSPS) is 10.8. The molecule has 0 atom stereocenters. The minimum atomic E-state index is -0.330. The van der Waals surface area contributed by atoms with Crippen molar-refractivity contribution in [3.05, 3.63) is 54.2 Å². The second kappa shape index (κ2) is 4.98. The largest absolute Gasteiger partial charge is 0.465 e. The molecule has 0 aliphatic rings. The molecule has 0 fully saturated rings. The number of nitrogens with zero attached hydrogens (tertiary/aromatic N) is 1. The van der Waals surface area contributed by atoms with E-state index in [4.69, 9.17) is 10.5 Å². The number of rotatable bonds is 2. The molecule has 0 aliphatic heterocycles. The van der Waals surface area contributed by atoms with Crippen molar-refractivity contribution in [2.75, 3.05) is 12.8 Å². The van der Waals surface area contributed by atoms with E-state index < -0.39 is 0 Å². The number of methoxy groups -OCH3 is 1. The number of benzene rings is 2. The average Bonchev–Trinajstić information content (AvgIpc) is 2.83. The van der Waals surface area contributed by atoms with Crippen LogP contribution in [0.25, 0.3) is 22.0 Å². The summed E-state index contributed by atoms with van der Waals surface area (Å²) in [7, 11) is 3.34. The molecule has 4 heteroatoms. The lowest BCUT2D eigenvalue weighted by atomic mass is 10.0. The summed E-state index contributed by atoms with van der Waals surface area (Å²) < 4.78 is 6.77. The lowest BCUT2D eigenvalue weighted by molar-refractivity contribution is 0.0601. The summed E-state index contributed by atoms with van der Waals surface area (Å²) in [5.41, 5.74) is 10.3. The van der Waals surface area contributed by atoms with E-state index in [0.717, 1.165) is 27.7 Å². The molecule has 0 radical (unpaired) electrons. The Hall–Kier alpha value is -2.75. The fraction of sp³-hybridized carbons (Fsp3) is 0.118.